The van der Waals surface area contributed by atoms with E-state index in [-0.39, 0.29) is 11.8 Å². The molecule has 0 unspecified atom stereocenters. The molecule has 7 heteroatoms. The number of methoxy groups -OCH3 is 1. The Morgan fingerprint density at radius 1 is 1.23 bits per heavy atom. The van der Waals surface area contributed by atoms with Crippen molar-refractivity contribution in [3.05, 3.63) is 65.3 Å². The average molecular weight is 513 g/mol. The molecular weight excluding hydrogens is 480 g/mol. The van der Waals surface area contributed by atoms with E-state index < -0.39 is 5.97 Å². The van der Waals surface area contributed by atoms with Crippen molar-refractivity contribution in [2.75, 3.05) is 32.5 Å². The van der Waals surface area contributed by atoms with E-state index in [0.717, 1.165) is 77.5 Å². The second-order valence-electron chi connectivity index (χ2n) is 9.17. The maximum Gasteiger partial charge on any atom is 0.308 e. The van der Waals surface area contributed by atoms with Gasteiger partial charge in [-0.05, 0) is 98.8 Å². The van der Waals surface area contributed by atoms with E-state index in [1.54, 1.807) is 18.9 Å². The molecule has 2 atom stereocenters. The molecule has 186 valence electrons. The SMILES string of the molecule is COc1ccc2nccc(CCC[C@@H]3CCN(CCCSc4ccccc4Cl)C[C@@H]3C(=O)O)c2c1. The summed E-state index contributed by atoms with van der Waals surface area (Å²) in [4.78, 5) is 20.0. The highest BCUT2D eigenvalue weighted by Crippen LogP contribution is 2.31. The van der Waals surface area contributed by atoms with Crippen LogP contribution in [0.5, 0.6) is 5.75 Å². The quantitative estimate of drug-likeness (QED) is 0.236. The Bertz CT molecular complexity index is 1140. The number of piperidine rings is 1. The van der Waals surface area contributed by atoms with Crippen molar-refractivity contribution in [2.45, 2.75) is 37.0 Å². The Labute approximate surface area is 216 Å². The van der Waals surface area contributed by atoms with Gasteiger partial charge in [-0.1, -0.05) is 23.7 Å². The molecule has 4 rings (SSSR count). The number of halogens is 1. The zero-order chi connectivity index (χ0) is 24.6. The molecule has 1 saturated heterocycles. The van der Waals surface area contributed by atoms with Crippen LogP contribution in [-0.4, -0.2) is 53.5 Å². The molecule has 1 aliphatic heterocycles. The number of aromatic nitrogens is 1. The van der Waals surface area contributed by atoms with E-state index >= 15 is 0 Å². The van der Waals surface area contributed by atoms with Crippen LogP contribution >= 0.6 is 23.4 Å². The number of thioether (sulfide) groups is 1. The number of hydrogen-bond acceptors (Lipinski definition) is 5. The van der Waals surface area contributed by atoms with Crippen LogP contribution in [0.25, 0.3) is 10.9 Å². The predicted molar refractivity (Wildman–Crippen MR) is 144 cm³/mol. The topological polar surface area (TPSA) is 62.7 Å². The number of likely N-dealkylation sites (tertiary alicyclic amines) is 1. The van der Waals surface area contributed by atoms with Crippen molar-refractivity contribution in [1.29, 1.82) is 0 Å². The molecule has 0 radical (unpaired) electrons. The minimum Gasteiger partial charge on any atom is -0.497 e. The van der Waals surface area contributed by atoms with Crippen molar-refractivity contribution >= 4 is 40.2 Å². The molecule has 0 bridgehead atoms. The van der Waals surface area contributed by atoms with Crippen molar-refractivity contribution in [3.8, 4) is 5.75 Å². The third-order valence-corrected chi connectivity index (χ3v) is 8.53. The molecule has 1 fully saturated rings. The molecule has 0 amide bonds. The molecule has 0 aliphatic carbocycles. The Hall–Kier alpha value is -2.28. The van der Waals surface area contributed by atoms with E-state index in [0.29, 0.717) is 6.54 Å². The van der Waals surface area contributed by atoms with Crippen LogP contribution in [0.2, 0.25) is 5.02 Å². The Morgan fingerprint density at radius 2 is 2.09 bits per heavy atom. The second kappa shape index (κ2) is 12.6. The maximum atomic E-state index is 12.1. The molecule has 1 aliphatic rings. The zero-order valence-electron chi connectivity index (χ0n) is 20.2. The first-order valence-corrected chi connectivity index (χ1v) is 13.7. The molecule has 2 heterocycles. The number of hydrogen-bond donors (Lipinski definition) is 1. The first kappa shape index (κ1) is 25.8. The van der Waals surface area contributed by atoms with E-state index in [1.165, 1.54) is 5.56 Å². The van der Waals surface area contributed by atoms with Crippen LogP contribution in [0, 0.1) is 11.8 Å². The Kier molecular flexibility index (Phi) is 9.30. The van der Waals surface area contributed by atoms with Crippen LogP contribution in [0.15, 0.2) is 59.6 Å². The fourth-order valence-electron chi connectivity index (χ4n) is 5.01. The molecule has 0 spiro atoms. The fraction of sp³-hybridized carbons (Fsp3) is 0.429. The maximum absolute atomic E-state index is 12.1. The highest BCUT2D eigenvalue weighted by molar-refractivity contribution is 7.99. The number of fused-ring (bicyclic) bond motifs is 1. The van der Waals surface area contributed by atoms with Gasteiger partial charge < -0.3 is 14.7 Å². The van der Waals surface area contributed by atoms with E-state index in [2.05, 4.69) is 16.0 Å². The summed E-state index contributed by atoms with van der Waals surface area (Å²) >= 11 is 8.01. The van der Waals surface area contributed by atoms with Gasteiger partial charge >= 0.3 is 5.97 Å². The lowest BCUT2D eigenvalue weighted by atomic mass is 9.81. The number of carboxylic acids is 1. The summed E-state index contributed by atoms with van der Waals surface area (Å²) in [6.45, 7) is 2.55. The van der Waals surface area contributed by atoms with Crippen molar-refractivity contribution in [1.82, 2.24) is 9.88 Å². The number of ether oxygens (including phenoxy) is 1. The van der Waals surface area contributed by atoms with Gasteiger partial charge in [0.2, 0.25) is 0 Å². The number of rotatable bonds is 11. The van der Waals surface area contributed by atoms with Crippen LogP contribution in [-0.2, 0) is 11.2 Å². The number of benzene rings is 2. The average Bonchev–Trinajstić information content (AvgIpc) is 2.88. The predicted octanol–water partition coefficient (Wildman–Crippen LogP) is 6.42. The monoisotopic (exact) mass is 512 g/mol. The normalized spacial score (nSPS) is 18.6. The van der Waals surface area contributed by atoms with Crippen LogP contribution in [0.1, 0.15) is 31.2 Å². The number of nitrogens with zero attached hydrogens (tertiary/aromatic N) is 2. The minimum absolute atomic E-state index is 0.226. The summed E-state index contributed by atoms with van der Waals surface area (Å²) in [7, 11) is 1.67. The number of carbonyl (C=O) groups is 1. The molecule has 1 aromatic heterocycles. The Balaban J connectivity index is 1.26. The van der Waals surface area contributed by atoms with Gasteiger partial charge in [-0.2, -0.15) is 0 Å². The molecule has 2 aromatic carbocycles. The molecule has 3 aromatic rings. The minimum atomic E-state index is -0.663. The summed E-state index contributed by atoms with van der Waals surface area (Å²) in [6, 6.07) is 15.9. The first-order chi connectivity index (χ1) is 17.0. The molecule has 1 N–H and O–H groups in total. The fourth-order valence-corrected chi connectivity index (χ4v) is 6.18. The Morgan fingerprint density at radius 3 is 2.89 bits per heavy atom. The molecular formula is C28H33ClN2O3S. The number of carboxylic acid groups (broad SMARTS) is 1. The van der Waals surface area contributed by atoms with Crippen molar-refractivity contribution in [3.63, 3.8) is 0 Å². The lowest BCUT2D eigenvalue weighted by molar-refractivity contribution is -0.146. The highest BCUT2D eigenvalue weighted by Gasteiger charge is 2.33. The molecule has 5 nitrogen and oxygen atoms in total. The van der Waals surface area contributed by atoms with Gasteiger partial charge in [0.1, 0.15) is 5.75 Å². The highest BCUT2D eigenvalue weighted by atomic mass is 35.5. The summed E-state index contributed by atoms with van der Waals surface area (Å²) in [5, 5.41) is 11.8. The summed E-state index contributed by atoms with van der Waals surface area (Å²) in [5.74, 6) is 1.07. The van der Waals surface area contributed by atoms with Crippen LogP contribution in [0.3, 0.4) is 0 Å². The van der Waals surface area contributed by atoms with E-state index in [4.69, 9.17) is 16.3 Å². The standard InChI is InChI=1S/C28H33ClN2O3S/c1-34-22-10-11-26-23(18-22)20(12-14-30-26)6-4-7-21-13-16-31(19-24(21)28(32)33)15-5-17-35-27-9-3-2-8-25(27)29/h2-3,8-12,14,18,21,24H,4-7,13,15-17,19H2,1H3,(H,32,33)/t21-,24+/m1/s1. The summed E-state index contributed by atoms with van der Waals surface area (Å²) < 4.78 is 5.39. The van der Waals surface area contributed by atoms with Gasteiger partial charge in [0.25, 0.3) is 0 Å². The van der Waals surface area contributed by atoms with Gasteiger partial charge in [-0.15, -0.1) is 11.8 Å². The summed E-state index contributed by atoms with van der Waals surface area (Å²) in [6.07, 6.45) is 6.63. The summed E-state index contributed by atoms with van der Waals surface area (Å²) in [5.41, 5.74) is 2.21. The molecule has 35 heavy (non-hydrogen) atoms. The lowest BCUT2D eigenvalue weighted by Crippen LogP contribution is -2.44. The van der Waals surface area contributed by atoms with Gasteiger partial charge in [0.05, 0.1) is 23.6 Å². The number of pyridine rings is 1. The zero-order valence-corrected chi connectivity index (χ0v) is 21.7. The third-order valence-electron chi connectivity index (χ3n) is 6.93. The van der Waals surface area contributed by atoms with Crippen LogP contribution in [0.4, 0.5) is 0 Å². The molecule has 0 saturated carbocycles. The first-order valence-electron chi connectivity index (χ1n) is 12.3. The van der Waals surface area contributed by atoms with E-state index in [1.807, 2.05) is 48.7 Å². The van der Waals surface area contributed by atoms with Gasteiger partial charge in [0, 0.05) is 23.0 Å². The van der Waals surface area contributed by atoms with E-state index in [9.17, 15) is 9.90 Å². The number of aliphatic carboxylic acids is 1. The van der Waals surface area contributed by atoms with Crippen molar-refractivity contribution in [2.24, 2.45) is 11.8 Å². The third kappa shape index (κ3) is 6.90. The largest absolute Gasteiger partial charge is 0.497 e. The smallest absolute Gasteiger partial charge is 0.308 e. The van der Waals surface area contributed by atoms with Gasteiger partial charge in [-0.25, -0.2) is 0 Å². The van der Waals surface area contributed by atoms with Gasteiger partial charge in [-0.3, -0.25) is 9.78 Å². The lowest BCUT2D eigenvalue weighted by Gasteiger charge is -2.36. The van der Waals surface area contributed by atoms with Crippen molar-refractivity contribution < 1.29 is 14.6 Å². The number of aryl methyl sites for hydroxylation is 1. The van der Waals surface area contributed by atoms with Gasteiger partial charge in [0.15, 0.2) is 0 Å². The van der Waals surface area contributed by atoms with Crippen LogP contribution < -0.4 is 4.74 Å². The second-order valence-corrected chi connectivity index (χ2v) is 10.7.